The molecule has 1 aromatic rings. The molecule has 2 rings (SSSR count). The van der Waals surface area contributed by atoms with Gasteiger partial charge in [0.1, 0.15) is 5.82 Å². The summed E-state index contributed by atoms with van der Waals surface area (Å²) in [6, 6.07) is 3.39. The molecule has 0 bridgehead atoms. The lowest BCUT2D eigenvalue weighted by Gasteiger charge is -2.12. The highest BCUT2D eigenvalue weighted by Crippen LogP contribution is 2.42. The Hall–Kier alpha value is -0.410. The fraction of sp³-hybridized carbons (Fsp3) is 0.455. The van der Waals surface area contributed by atoms with Gasteiger partial charge in [0.05, 0.1) is 6.10 Å². The molecule has 1 fully saturated rings. The molecule has 0 aromatic heterocycles. The number of aliphatic hydroxyl groups is 1. The predicted octanol–water partition coefficient (Wildman–Crippen LogP) is 3.34. The summed E-state index contributed by atoms with van der Waals surface area (Å²) in [4.78, 5) is 0. The van der Waals surface area contributed by atoms with Crippen molar-refractivity contribution in [2.75, 3.05) is 0 Å². The molecule has 14 heavy (non-hydrogen) atoms. The summed E-state index contributed by atoms with van der Waals surface area (Å²) < 4.78 is 14.5. The second-order valence-electron chi connectivity index (χ2n) is 3.91. The molecule has 3 heteroatoms. The van der Waals surface area contributed by atoms with Gasteiger partial charge in [-0.2, -0.15) is 0 Å². The van der Waals surface area contributed by atoms with Crippen LogP contribution in [0.1, 0.15) is 30.1 Å². The summed E-state index contributed by atoms with van der Waals surface area (Å²) in [6.45, 7) is 1.71. The zero-order valence-corrected chi connectivity index (χ0v) is 9.51. The molecule has 1 aliphatic carbocycles. The number of hydrogen-bond acceptors (Lipinski definition) is 1. The van der Waals surface area contributed by atoms with E-state index in [1.807, 2.05) is 0 Å². The largest absolute Gasteiger partial charge is 0.388 e. The third-order valence-electron chi connectivity index (χ3n) is 2.63. The van der Waals surface area contributed by atoms with Crippen molar-refractivity contribution in [2.45, 2.75) is 25.9 Å². The van der Waals surface area contributed by atoms with E-state index in [9.17, 15) is 9.50 Å². The molecule has 1 aromatic carbocycles. The van der Waals surface area contributed by atoms with Crippen molar-refractivity contribution < 1.29 is 9.50 Å². The summed E-state index contributed by atoms with van der Waals surface area (Å²) >= 11 is 3.31. The monoisotopic (exact) mass is 258 g/mol. The van der Waals surface area contributed by atoms with Crippen molar-refractivity contribution in [3.8, 4) is 0 Å². The third-order valence-corrected chi connectivity index (χ3v) is 3.09. The maximum atomic E-state index is 13.6. The highest BCUT2D eigenvalue weighted by molar-refractivity contribution is 9.10. The molecule has 76 valence electrons. The van der Waals surface area contributed by atoms with Crippen LogP contribution < -0.4 is 0 Å². The van der Waals surface area contributed by atoms with Crippen molar-refractivity contribution in [1.82, 2.24) is 0 Å². The van der Waals surface area contributed by atoms with Gasteiger partial charge in [0.15, 0.2) is 0 Å². The lowest BCUT2D eigenvalue weighted by Crippen LogP contribution is -2.04. The maximum Gasteiger partial charge on any atom is 0.131 e. The molecule has 0 radical (unpaired) electrons. The number of benzene rings is 1. The first-order valence-electron chi connectivity index (χ1n) is 4.73. The number of rotatable bonds is 2. The summed E-state index contributed by atoms with van der Waals surface area (Å²) in [5.41, 5.74) is 1.01. The summed E-state index contributed by atoms with van der Waals surface area (Å²) in [7, 11) is 0. The van der Waals surface area contributed by atoms with Gasteiger partial charge < -0.3 is 5.11 Å². The number of halogens is 2. The second-order valence-corrected chi connectivity index (χ2v) is 4.82. The van der Waals surface area contributed by atoms with Crippen molar-refractivity contribution in [3.63, 3.8) is 0 Å². The van der Waals surface area contributed by atoms with E-state index in [0.717, 1.165) is 17.3 Å². The summed E-state index contributed by atoms with van der Waals surface area (Å²) in [6.07, 6.45) is 1.38. The summed E-state index contributed by atoms with van der Waals surface area (Å²) in [5.74, 6) is -0.00852. The Morgan fingerprint density at radius 3 is 2.71 bits per heavy atom. The maximum absolute atomic E-state index is 13.6. The molecule has 0 aliphatic heterocycles. The van der Waals surface area contributed by atoms with E-state index in [2.05, 4.69) is 15.9 Å². The molecule has 0 heterocycles. The normalized spacial score (nSPS) is 18.3. The minimum Gasteiger partial charge on any atom is -0.388 e. The molecule has 1 N–H and O–H groups in total. The molecular formula is C11H12BrFO. The van der Waals surface area contributed by atoms with Gasteiger partial charge in [0.25, 0.3) is 0 Å². The van der Waals surface area contributed by atoms with Crippen LogP contribution in [-0.2, 0) is 0 Å². The van der Waals surface area contributed by atoms with E-state index < -0.39 is 6.10 Å². The number of aliphatic hydroxyl groups excluding tert-OH is 1. The zero-order chi connectivity index (χ0) is 10.3. The molecule has 1 aliphatic rings. The molecule has 1 unspecified atom stereocenters. The highest BCUT2D eigenvalue weighted by Gasteiger charge is 2.32. The first-order chi connectivity index (χ1) is 6.59. The fourth-order valence-electron chi connectivity index (χ4n) is 1.63. The highest BCUT2D eigenvalue weighted by atomic mass is 79.9. The minimum atomic E-state index is -0.633. The van der Waals surface area contributed by atoms with E-state index in [1.54, 1.807) is 19.1 Å². The molecule has 0 saturated heterocycles. The van der Waals surface area contributed by atoms with Crippen molar-refractivity contribution >= 4 is 15.9 Å². The molecular weight excluding hydrogens is 247 g/mol. The Balaban J connectivity index is 2.39. The smallest absolute Gasteiger partial charge is 0.131 e. The van der Waals surface area contributed by atoms with Gasteiger partial charge in [0, 0.05) is 10.0 Å². The van der Waals surface area contributed by atoms with Gasteiger partial charge in [-0.1, -0.05) is 15.9 Å². The first-order valence-corrected chi connectivity index (χ1v) is 5.52. The van der Waals surface area contributed by atoms with Crippen LogP contribution in [0.2, 0.25) is 0 Å². The zero-order valence-electron chi connectivity index (χ0n) is 7.93. The van der Waals surface area contributed by atoms with Crippen molar-refractivity contribution in [2.24, 2.45) is 5.92 Å². The van der Waals surface area contributed by atoms with E-state index in [1.165, 1.54) is 0 Å². The van der Waals surface area contributed by atoms with Crippen LogP contribution in [0.15, 0.2) is 16.6 Å². The van der Waals surface area contributed by atoms with Gasteiger partial charge >= 0.3 is 0 Å². The van der Waals surface area contributed by atoms with E-state index >= 15 is 0 Å². The Morgan fingerprint density at radius 1 is 1.50 bits per heavy atom. The average Bonchev–Trinajstić information content (AvgIpc) is 2.93. The third kappa shape index (κ3) is 1.84. The van der Waals surface area contributed by atoms with Crippen molar-refractivity contribution in [1.29, 1.82) is 0 Å². The topological polar surface area (TPSA) is 20.2 Å². The SMILES string of the molecule is Cc1cc(Br)cc(C(O)C2CC2)c1F. The van der Waals surface area contributed by atoms with E-state index in [0.29, 0.717) is 11.1 Å². The minimum absolute atomic E-state index is 0.262. The number of hydrogen-bond donors (Lipinski definition) is 1. The van der Waals surface area contributed by atoms with Gasteiger partial charge in [0.2, 0.25) is 0 Å². The van der Waals surface area contributed by atoms with Gasteiger partial charge in [-0.3, -0.25) is 0 Å². The van der Waals surface area contributed by atoms with E-state index in [4.69, 9.17) is 0 Å². The van der Waals surface area contributed by atoms with Crippen LogP contribution in [0.3, 0.4) is 0 Å². The van der Waals surface area contributed by atoms with Crippen LogP contribution in [0.5, 0.6) is 0 Å². The van der Waals surface area contributed by atoms with Gasteiger partial charge in [-0.05, 0) is 43.4 Å². The Morgan fingerprint density at radius 2 is 2.14 bits per heavy atom. The van der Waals surface area contributed by atoms with Crippen LogP contribution >= 0.6 is 15.9 Å². The molecule has 1 atom stereocenters. The lowest BCUT2D eigenvalue weighted by atomic mass is 10.0. The first kappa shape index (κ1) is 10.1. The van der Waals surface area contributed by atoms with Crippen molar-refractivity contribution in [3.05, 3.63) is 33.5 Å². The molecule has 1 nitrogen and oxygen atoms in total. The van der Waals surface area contributed by atoms with Crippen LogP contribution in [0.25, 0.3) is 0 Å². The molecule has 0 amide bonds. The predicted molar refractivity (Wildman–Crippen MR) is 56.5 cm³/mol. The van der Waals surface area contributed by atoms with Crippen LogP contribution in [-0.4, -0.2) is 5.11 Å². The Bertz CT molecular complexity index is 361. The Labute approximate surface area is 91.1 Å². The molecule has 1 saturated carbocycles. The fourth-order valence-corrected chi connectivity index (χ4v) is 2.22. The Kier molecular flexibility index (Phi) is 2.62. The lowest BCUT2D eigenvalue weighted by molar-refractivity contribution is 0.149. The second kappa shape index (κ2) is 3.63. The van der Waals surface area contributed by atoms with Crippen LogP contribution in [0.4, 0.5) is 4.39 Å². The van der Waals surface area contributed by atoms with Gasteiger partial charge in [-0.25, -0.2) is 4.39 Å². The quantitative estimate of drug-likeness (QED) is 0.863. The molecule has 0 spiro atoms. The van der Waals surface area contributed by atoms with Gasteiger partial charge in [-0.15, -0.1) is 0 Å². The average molecular weight is 259 g/mol. The number of aryl methyl sites for hydroxylation is 1. The van der Waals surface area contributed by atoms with Crippen LogP contribution in [0, 0.1) is 18.7 Å². The standard InChI is InChI=1S/C11H12BrFO/c1-6-4-8(12)5-9(10(6)13)11(14)7-2-3-7/h4-5,7,11,14H,2-3H2,1H3. The van der Waals surface area contributed by atoms with E-state index in [-0.39, 0.29) is 11.7 Å². The summed E-state index contributed by atoms with van der Waals surface area (Å²) in [5, 5.41) is 9.83.